The molecule has 2 aliphatic rings. The van der Waals surface area contributed by atoms with E-state index in [-0.39, 0.29) is 24.5 Å². The number of hydrogen-bond donors (Lipinski definition) is 0. The van der Waals surface area contributed by atoms with Gasteiger partial charge in [-0.3, -0.25) is 9.69 Å². The molecule has 3 atom stereocenters. The van der Waals surface area contributed by atoms with Gasteiger partial charge in [0.1, 0.15) is 6.10 Å². The highest BCUT2D eigenvalue weighted by Crippen LogP contribution is 2.27. The summed E-state index contributed by atoms with van der Waals surface area (Å²) in [5.41, 5.74) is 0. The van der Waals surface area contributed by atoms with Gasteiger partial charge in [-0.1, -0.05) is 0 Å². The lowest BCUT2D eigenvalue weighted by atomic mass is 9.88. The number of fused-ring (bicyclic) bond motifs is 2. The van der Waals surface area contributed by atoms with E-state index in [4.69, 9.17) is 4.74 Å². The minimum Gasteiger partial charge on any atom is -0.461 e. The highest BCUT2D eigenvalue weighted by atomic mass is 35.5. The molecule has 4 heteroatoms. The largest absolute Gasteiger partial charge is 0.461 e. The van der Waals surface area contributed by atoms with Gasteiger partial charge in [-0.05, 0) is 31.7 Å². The topological polar surface area (TPSA) is 29.5 Å². The molecule has 82 valence electrons. The molecule has 2 bridgehead atoms. The molecule has 0 spiro atoms. The van der Waals surface area contributed by atoms with Crippen LogP contribution in [-0.4, -0.2) is 36.6 Å². The quantitative estimate of drug-likeness (QED) is 0.626. The van der Waals surface area contributed by atoms with Crippen LogP contribution in [0.3, 0.4) is 0 Å². The molecule has 2 heterocycles. The molecule has 0 radical (unpaired) electrons. The summed E-state index contributed by atoms with van der Waals surface area (Å²) in [6.07, 6.45) is 3.87. The van der Waals surface area contributed by atoms with Crippen molar-refractivity contribution in [3.8, 4) is 0 Å². The van der Waals surface area contributed by atoms with Crippen LogP contribution in [-0.2, 0) is 9.53 Å². The van der Waals surface area contributed by atoms with Crippen LogP contribution in [0.2, 0.25) is 0 Å². The molecule has 2 aliphatic heterocycles. The zero-order chi connectivity index (χ0) is 9.26. The predicted molar refractivity (Wildman–Crippen MR) is 56.6 cm³/mol. The number of piperidine rings is 2. The van der Waals surface area contributed by atoms with Gasteiger partial charge < -0.3 is 4.74 Å². The van der Waals surface area contributed by atoms with Crippen molar-refractivity contribution in [3.05, 3.63) is 0 Å². The van der Waals surface area contributed by atoms with E-state index in [1.54, 1.807) is 0 Å². The highest BCUT2D eigenvalue weighted by Gasteiger charge is 2.31. The Labute approximate surface area is 91.2 Å². The number of carbonyl (C=O) groups is 1. The average molecular weight is 220 g/mol. The lowest BCUT2D eigenvalue weighted by Crippen LogP contribution is -2.47. The van der Waals surface area contributed by atoms with E-state index in [9.17, 15) is 4.79 Å². The van der Waals surface area contributed by atoms with Gasteiger partial charge in [-0.25, -0.2) is 0 Å². The summed E-state index contributed by atoms with van der Waals surface area (Å²) in [5, 5.41) is 0. The molecule has 0 aromatic carbocycles. The molecule has 0 aliphatic carbocycles. The maximum atomic E-state index is 10.8. The molecule has 3 nitrogen and oxygen atoms in total. The Balaban J connectivity index is 0.000000980. The van der Waals surface area contributed by atoms with Crippen LogP contribution < -0.4 is 0 Å². The highest BCUT2D eigenvalue weighted by molar-refractivity contribution is 5.85. The molecule has 2 saturated heterocycles. The lowest BCUT2D eigenvalue weighted by Gasteiger charge is -2.41. The van der Waals surface area contributed by atoms with Gasteiger partial charge in [0.25, 0.3) is 0 Å². The summed E-state index contributed by atoms with van der Waals surface area (Å²) in [5.74, 6) is 0.637. The second kappa shape index (κ2) is 4.99. The first kappa shape index (κ1) is 11.8. The minimum atomic E-state index is -0.133. The van der Waals surface area contributed by atoms with E-state index >= 15 is 0 Å². The molecule has 0 amide bonds. The fourth-order valence-electron chi connectivity index (χ4n) is 2.56. The Morgan fingerprint density at radius 3 is 2.86 bits per heavy atom. The number of hydrogen-bond acceptors (Lipinski definition) is 3. The fraction of sp³-hybridized carbons (Fsp3) is 0.900. The molecule has 3 unspecified atom stereocenters. The lowest BCUT2D eigenvalue weighted by molar-refractivity contribution is -0.150. The number of esters is 1. The van der Waals surface area contributed by atoms with Crippen molar-refractivity contribution in [3.63, 3.8) is 0 Å². The summed E-state index contributed by atoms with van der Waals surface area (Å²) in [6.45, 7) is 4.86. The van der Waals surface area contributed by atoms with E-state index in [1.165, 1.54) is 32.9 Å². The molecule has 2 fully saturated rings. The first-order valence-electron chi connectivity index (χ1n) is 5.13. The molecule has 0 aromatic heterocycles. The van der Waals surface area contributed by atoms with E-state index in [0.717, 1.165) is 18.9 Å². The molecule has 0 N–H and O–H groups in total. The Bertz CT molecular complexity index is 198. The van der Waals surface area contributed by atoms with E-state index in [2.05, 4.69) is 4.90 Å². The van der Waals surface area contributed by atoms with Gasteiger partial charge in [0.2, 0.25) is 0 Å². The van der Waals surface area contributed by atoms with Crippen LogP contribution in [0, 0.1) is 5.92 Å². The summed E-state index contributed by atoms with van der Waals surface area (Å²) < 4.78 is 5.25. The normalized spacial score (nSPS) is 35.6. The van der Waals surface area contributed by atoms with E-state index in [1.807, 2.05) is 0 Å². The summed E-state index contributed by atoms with van der Waals surface area (Å²) in [4.78, 5) is 13.2. The number of nitrogens with zero attached hydrogens (tertiary/aromatic N) is 1. The van der Waals surface area contributed by atoms with Gasteiger partial charge in [0, 0.05) is 20.0 Å². The number of halogens is 1. The third-order valence-electron chi connectivity index (χ3n) is 2.99. The van der Waals surface area contributed by atoms with Crippen molar-refractivity contribution in [2.45, 2.75) is 32.3 Å². The van der Waals surface area contributed by atoms with Crippen LogP contribution in [0.1, 0.15) is 26.2 Å². The Kier molecular flexibility index (Phi) is 4.20. The summed E-state index contributed by atoms with van der Waals surface area (Å²) in [6, 6.07) is 0. The van der Waals surface area contributed by atoms with Gasteiger partial charge in [-0.2, -0.15) is 0 Å². The zero-order valence-electron chi connectivity index (χ0n) is 8.57. The van der Waals surface area contributed by atoms with Gasteiger partial charge >= 0.3 is 5.97 Å². The van der Waals surface area contributed by atoms with Crippen LogP contribution in [0.15, 0.2) is 0 Å². The van der Waals surface area contributed by atoms with Crippen LogP contribution >= 0.6 is 12.4 Å². The van der Waals surface area contributed by atoms with Crippen molar-refractivity contribution < 1.29 is 9.53 Å². The summed E-state index contributed by atoms with van der Waals surface area (Å²) >= 11 is 0. The molecule has 14 heavy (non-hydrogen) atoms. The molecule has 2 rings (SSSR count). The number of carbonyl (C=O) groups excluding carboxylic acids is 1. The predicted octanol–water partition coefficient (Wildman–Crippen LogP) is 1.46. The van der Waals surface area contributed by atoms with Gasteiger partial charge in [0.15, 0.2) is 0 Å². The number of rotatable bonds is 1. The second-order valence-electron chi connectivity index (χ2n) is 4.23. The Morgan fingerprint density at radius 1 is 1.43 bits per heavy atom. The van der Waals surface area contributed by atoms with Crippen LogP contribution in [0.25, 0.3) is 0 Å². The van der Waals surface area contributed by atoms with Crippen molar-refractivity contribution in [1.82, 2.24) is 4.90 Å². The first-order valence-corrected chi connectivity index (χ1v) is 5.13. The fourth-order valence-corrected chi connectivity index (χ4v) is 2.56. The summed E-state index contributed by atoms with van der Waals surface area (Å²) in [7, 11) is 0. The Hall–Kier alpha value is -0.280. The minimum absolute atomic E-state index is 0. The smallest absolute Gasteiger partial charge is 0.302 e. The maximum absolute atomic E-state index is 10.8. The van der Waals surface area contributed by atoms with Crippen molar-refractivity contribution in [2.75, 3.05) is 19.6 Å². The zero-order valence-corrected chi connectivity index (χ0v) is 9.39. The van der Waals surface area contributed by atoms with Crippen molar-refractivity contribution in [2.24, 2.45) is 5.92 Å². The van der Waals surface area contributed by atoms with Crippen LogP contribution in [0.5, 0.6) is 0 Å². The molecular formula is C10H18ClNO2. The van der Waals surface area contributed by atoms with Gasteiger partial charge in [0.05, 0.1) is 0 Å². The van der Waals surface area contributed by atoms with E-state index < -0.39 is 0 Å². The van der Waals surface area contributed by atoms with Crippen LogP contribution in [0.4, 0.5) is 0 Å². The standard InChI is InChI=1S/C10H17NO2.ClH/c1-8(12)13-10-5-9-3-2-4-11(6-9)7-10;/h9-10H,2-7H2,1H3;1H. The van der Waals surface area contributed by atoms with Gasteiger partial charge in [-0.15, -0.1) is 12.4 Å². The van der Waals surface area contributed by atoms with Crippen molar-refractivity contribution in [1.29, 1.82) is 0 Å². The third-order valence-corrected chi connectivity index (χ3v) is 2.99. The Morgan fingerprint density at radius 2 is 2.21 bits per heavy atom. The first-order chi connectivity index (χ1) is 6.24. The van der Waals surface area contributed by atoms with Crippen molar-refractivity contribution >= 4 is 18.4 Å². The maximum Gasteiger partial charge on any atom is 0.302 e. The average Bonchev–Trinajstić information content (AvgIpc) is 2.01. The second-order valence-corrected chi connectivity index (χ2v) is 4.23. The number of ether oxygens (including phenoxy) is 1. The third kappa shape index (κ3) is 2.85. The molecule has 0 saturated carbocycles. The SMILES string of the molecule is CC(=O)OC1CC2CCCN(C2)C1.Cl. The van der Waals surface area contributed by atoms with E-state index in [0.29, 0.717) is 0 Å². The molecular weight excluding hydrogens is 202 g/mol. The molecule has 0 aromatic rings. The monoisotopic (exact) mass is 219 g/mol.